The summed E-state index contributed by atoms with van der Waals surface area (Å²) in [5.74, 6) is 1.36. The molecule has 1 fully saturated rings. The molecule has 7 heteroatoms. The second-order valence-corrected chi connectivity index (χ2v) is 6.79. The first-order chi connectivity index (χ1) is 12.0. The molecular formula is C18H24N4O3. The van der Waals surface area contributed by atoms with Gasteiger partial charge in [-0.25, -0.2) is 4.79 Å². The van der Waals surface area contributed by atoms with Crippen LogP contribution in [0.3, 0.4) is 0 Å². The molecule has 1 saturated carbocycles. The molecule has 1 aliphatic rings. The Morgan fingerprint density at radius 2 is 1.88 bits per heavy atom. The van der Waals surface area contributed by atoms with E-state index >= 15 is 0 Å². The summed E-state index contributed by atoms with van der Waals surface area (Å²) in [5.41, 5.74) is 1.51. The molecule has 7 nitrogen and oxygen atoms in total. The van der Waals surface area contributed by atoms with Gasteiger partial charge in [0.05, 0.1) is 6.10 Å². The van der Waals surface area contributed by atoms with Crippen LogP contribution in [0.2, 0.25) is 0 Å². The molecule has 2 aromatic rings. The molecule has 3 rings (SSSR count). The van der Waals surface area contributed by atoms with Gasteiger partial charge in [-0.3, -0.25) is 0 Å². The zero-order chi connectivity index (χ0) is 17.8. The Kier molecular flexibility index (Phi) is 5.33. The van der Waals surface area contributed by atoms with Gasteiger partial charge in [0.1, 0.15) is 0 Å². The van der Waals surface area contributed by atoms with Crippen LogP contribution >= 0.6 is 0 Å². The fraction of sp³-hybridized carbons (Fsp3) is 0.500. The number of amides is 2. The summed E-state index contributed by atoms with van der Waals surface area (Å²) in [5, 5.41) is 19.2. The molecule has 1 aromatic carbocycles. The third kappa shape index (κ3) is 4.57. The van der Waals surface area contributed by atoms with Crippen molar-refractivity contribution in [2.75, 3.05) is 5.32 Å². The lowest BCUT2D eigenvalue weighted by Gasteiger charge is -2.26. The largest absolute Gasteiger partial charge is 0.393 e. The molecule has 0 atom stereocenters. The molecule has 0 aliphatic heterocycles. The molecule has 0 radical (unpaired) electrons. The second kappa shape index (κ2) is 7.65. The van der Waals surface area contributed by atoms with Crippen LogP contribution in [0.1, 0.15) is 51.3 Å². The van der Waals surface area contributed by atoms with E-state index in [1.165, 1.54) is 0 Å². The van der Waals surface area contributed by atoms with Gasteiger partial charge >= 0.3 is 6.03 Å². The molecule has 1 aliphatic carbocycles. The Morgan fingerprint density at radius 3 is 2.48 bits per heavy atom. The van der Waals surface area contributed by atoms with E-state index in [-0.39, 0.29) is 24.1 Å². The first-order valence-electron chi connectivity index (χ1n) is 8.71. The predicted molar refractivity (Wildman–Crippen MR) is 94.2 cm³/mol. The Hall–Kier alpha value is -2.41. The van der Waals surface area contributed by atoms with Crippen LogP contribution in [-0.4, -0.2) is 33.4 Å². The molecule has 0 bridgehead atoms. The van der Waals surface area contributed by atoms with Gasteiger partial charge in [0.15, 0.2) is 5.82 Å². The smallest absolute Gasteiger partial charge is 0.319 e. The van der Waals surface area contributed by atoms with Crippen LogP contribution < -0.4 is 10.6 Å². The highest BCUT2D eigenvalue weighted by Crippen LogP contribution is 2.22. The fourth-order valence-corrected chi connectivity index (χ4v) is 2.86. The van der Waals surface area contributed by atoms with Gasteiger partial charge in [-0.15, -0.1) is 0 Å². The van der Waals surface area contributed by atoms with Crippen molar-refractivity contribution in [3.63, 3.8) is 0 Å². The second-order valence-electron chi connectivity index (χ2n) is 6.79. The van der Waals surface area contributed by atoms with Gasteiger partial charge in [-0.1, -0.05) is 19.0 Å². The Balaban J connectivity index is 1.55. The minimum atomic E-state index is -0.228. The highest BCUT2D eigenvalue weighted by atomic mass is 16.5. The van der Waals surface area contributed by atoms with Gasteiger partial charge in [0.2, 0.25) is 0 Å². The van der Waals surface area contributed by atoms with Gasteiger partial charge in [0.25, 0.3) is 5.89 Å². The molecule has 25 heavy (non-hydrogen) atoms. The number of rotatable bonds is 4. The van der Waals surface area contributed by atoms with Crippen molar-refractivity contribution in [3.8, 4) is 11.5 Å². The third-order valence-corrected chi connectivity index (χ3v) is 4.38. The minimum absolute atomic E-state index is 0.121. The highest BCUT2D eigenvalue weighted by molar-refractivity contribution is 5.89. The van der Waals surface area contributed by atoms with E-state index in [1.807, 2.05) is 26.0 Å². The third-order valence-electron chi connectivity index (χ3n) is 4.38. The maximum Gasteiger partial charge on any atom is 0.319 e. The number of anilines is 1. The van der Waals surface area contributed by atoms with Crippen LogP contribution in [0.4, 0.5) is 10.5 Å². The number of aliphatic hydroxyl groups is 1. The predicted octanol–water partition coefficient (Wildman–Crippen LogP) is 3.29. The van der Waals surface area contributed by atoms with E-state index in [1.54, 1.807) is 12.1 Å². The zero-order valence-corrected chi connectivity index (χ0v) is 14.5. The van der Waals surface area contributed by atoms with E-state index < -0.39 is 0 Å². The van der Waals surface area contributed by atoms with Crippen molar-refractivity contribution < 1.29 is 14.4 Å². The van der Waals surface area contributed by atoms with Crippen LogP contribution in [0.5, 0.6) is 0 Å². The van der Waals surface area contributed by atoms with Crippen molar-refractivity contribution in [1.29, 1.82) is 0 Å². The van der Waals surface area contributed by atoms with Gasteiger partial charge in [-0.2, -0.15) is 4.98 Å². The maximum absolute atomic E-state index is 12.1. The van der Waals surface area contributed by atoms with E-state index in [2.05, 4.69) is 20.8 Å². The number of carbonyl (C=O) groups is 1. The molecule has 0 unspecified atom stereocenters. The van der Waals surface area contributed by atoms with Crippen molar-refractivity contribution >= 4 is 11.7 Å². The van der Waals surface area contributed by atoms with Gasteiger partial charge in [-0.05, 0) is 49.9 Å². The zero-order valence-electron chi connectivity index (χ0n) is 14.5. The number of carbonyl (C=O) groups excluding carboxylic acids is 1. The first kappa shape index (κ1) is 17.4. The van der Waals surface area contributed by atoms with Crippen molar-refractivity contribution in [2.24, 2.45) is 0 Å². The number of hydrogen-bond acceptors (Lipinski definition) is 5. The lowest BCUT2D eigenvalue weighted by Crippen LogP contribution is -2.40. The number of aliphatic hydroxyl groups excluding tert-OH is 1. The first-order valence-corrected chi connectivity index (χ1v) is 8.71. The highest BCUT2D eigenvalue weighted by Gasteiger charge is 2.20. The summed E-state index contributed by atoms with van der Waals surface area (Å²) in [4.78, 5) is 16.4. The maximum atomic E-state index is 12.1. The van der Waals surface area contributed by atoms with E-state index in [0.29, 0.717) is 17.4 Å². The lowest BCUT2D eigenvalue weighted by atomic mass is 9.93. The van der Waals surface area contributed by atoms with E-state index in [4.69, 9.17) is 4.52 Å². The Labute approximate surface area is 146 Å². The summed E-state index contributed by atoms with van der Waals surface area (Å²) in [7, 11) is 0. The standard InChI is InChI=1S/C18H24N4O3/c1-11(2)16-21-17(25-22-16)12-3-5-13(6-4-12)19-18(24)20-14-7-9-15(23)10-8-14/h3-6,11,14-15,23H,7-10H2,1-2H3,(H2,19,20,24). The quantitative estimate of drug-likeness (QED) is 0.790. The number of hydrogen-bond donors (Lipinski definition) is 3. The average Bonchev–Trinajstić information content (AvgIpc) is 3.08. The topological polar surface area (TPSA) is 100 Å². The summed E-state index contributed by atoms with van der Waals surface area (Å²) >= 11 is 0. The lowest BCUT2D eigenvalue weighted by molar-refractivity contribution is 0.118. The number of nitrogens with zero attached hydrogens (tertiary/aromatic N) is 2. The van der Waals surface area contributed by atoms with Gasteiger partial charge in [0, 0.05) is 23.2 Å². The van der Waals surface area contributed by atoms with Crippen molar-refractivity contribution in [2.45, 2.75) is 57.6 Å². The molecule has 134 valence electrons. The SMILES string of the molecule is CC(C)c1noc(-c2ccc(NC(=O)NC3CCC(O)CC3)cc2)n1. The van der Waals surface area contributed by atoms with Crippen molar-refractivity contribution in [3.05, 3.63) is 30.1 Å². The summed E-state index contributed by atoms with van der Waals surface area (Å²) in [6.45, 7) is 4.01. The van der Waals surface area contributed by atoms with Gasteiger partial charge < -0.3 is 20.3 Å². The van der Waals surface area contributed by atoms with Crippen molar-refractivity contribution in [1.82, 2.24) is 15.5 Å². The monoisotopic (exact) mass is 344 g/mol. The molecule has 1 aromatic heterocycles. The minimum Gasteiger partial charge on any atom is -0.393 e. The summed E-state index contributed by atoms with van der Waals surface area (Å²) in [6.07, 6.45) is 2.87. The summed E-state index contributed by atoms with van der Waals surface area (Å²) < 4.78 is 5.26. The molecule has 1 heterocycles. The van der Waals surface area contributed by atoms with Crippen LogP contribution in [0, 0.1) is 0 Å². The van der Waals surface area contributed by atoms with Crippen LogP contribution in [0.25, 0.3) is 11.5 Å². The summed E-state index contributed by atoms with van der Waals surface area (Å²) in [6, 6.07) is 7.18. The van der Waals surface area contributed by atoms with E-state index in [0.717, 1.165) is 31.2 Å². The molecule has 0 saturated heterocycles. The molecule has 3 N–H and O–H groups in total. The number of benzene rings is 1. The number of aromatic nitrogens is 2. The molecule has 2 amide bonds. The molecule has 0 spiro atoms. The Bertz CT molecular complexity index is 703. The Morgan fingerprint density at radius 1 is 1.20 bits per heavy atom. The normalized spacial score (nSPS) is 20.5. The van der Waals surface area contributed by atoms with E-state index in [9.17, 15) is 9.90 Å². The van der Waals surface area contributed by atoms with Crippen LogP contribution in [0.15, 0.2) is 28.8 Å². The molecular weight excluding hydrogens is 320 g/mol. The van der Waals surface area contributed by atoms with Crippen LogP contribution in [-0.2, 0) is 0 Å². The fourth-order valence-electron chi connectivity index (χ4n) is 2.86. The average molecular weight is 344 g/mol. The number of urea groups is 1. The number of nitrogens with one attached hydrogen (secondary N) is 2.